The van der Waals surface area contributed by atoms with E-state index in [1.807, 2.05) is 13.8 Å². The van der Waals surface area contributed by atoms with E-state index in [1.165, 1.54) is 35.0 Å². The van der Waals surface area contributed by atoms with Crippen molar-refractivity contribution in [2.75, 3.05) is 0 Å². The van der Waals surface area contributed by atoms with E-state index >= 15 is 0 Å². The summed E-state index contributed by atoms with van der Waals surface area (Å²) in [6.45, 7) is 5.42. The van der Waals surface area contributed by atoms with Crippen LogP contribution in [-0.2, 0) is 16.3 Å². The summed E-state index contributed by atoms with van der Waals surface area (Å²) in [5.74, 6) is -1.19. The number of halogens is 1. The number of sulfone groups is 1. The van der Waals surface area contributed by atoms with E-state index in [4.69, 9.17) is 5.26 Å². The number of nitrogens with zero attached hydrogens (tertiary/aromatic N) is 4. The van der Waals surface area contributed by atoms with Crippen LogP contribution in [0.3, 0.4) is 0 Å². The fourth-order valence-electron chi connectivity index (χ4n) is 4.72. The maximum Gasteiger partial charge on any atom is 0.277 e. The fourth-order valence-corrected chi connectivity index (χ4v) is 6.06. The average Bonchev–Trinajstić information content (AvgIpc) is 2.95. The van der Waals surface area contributed by atoms with Crippen molar-refractivity contribution in [2.24, 2.45) is 0 Å². The predicted molar refractivity (Wildman–Crippen MR) is 148 cm³/mol. The molecule has 8 nitrogen and oxygen atoms in total. The van der Waals surface area contributed by atoms with Crippen LogP contribution in [0.2, 0.25) is 0 Å². The summed E-state index contributed by atoms with van der Waals surface area (Å²) >= 11 is 0. The van der Waals surface area contributed by atoms with Crippen LogP contribution in [0.25, 0.3) is 11.1 Å². The number of hydrogen-bond donors (Lipinski definition) is 1. The second-order valence-electron chi connectivity index (χ2n) is 9.42. The molecule has 206 valence electrons. The number of rotatable bonds is 9. The quantitative estimate of drug-likeness (QED) is 0.268. The SMILES string of the molecule is CCCCc1nc(O)c(S(=O)(=O)c2ccc(-c3ccnc(F)c3C)cc2)c(=O)n1C(CC)c1ccc(C#N)cc1. The first-order chi connectivity index (χ1) is 19.1. The zero-order valence-electron chi connectivity index (χ0n) is 22.4. The van der Waals surface area contributed by atoms with Gasteiger partial charge in [-0.25, -0.2) is 13.4 Å². The molecule has 2 aromatic heterocycles. The van der Waals surface area contributed by atoms with Gasteiger partial charge in [-0.1, -0.05) is 44.5 Å². The molecule has 10 heteroatoms. The third-order valence-electron chi connectivity index (χ3n) is 6.89. The highest BCUT2D eigenvalue weighted by molar-refractivity contribution is 7.91. The van der Waals surface area contributed by atoms with Crippen molar-refractivity contribution in [3.05, 3.63) is 99.6 Å². The highest BCUT2D eigenvalue weighted by Gasteiger charge is 2.31. The Morgan fingerprint density at radius 1 is 1.07 bits per heavy atom. The molecule has 2 heterocycles. The van der Waals surface area contributed by atoms with Gasteiger partial charge in [0.15, 0.2) is 4.90 Å². The first-order valence-electron chi connectivity index (χ1n) is 12.9. The molecule has 0 aliphatic carbocycles. The van der Waals surface area contributed by atoms with E-state index in [-0.39, 0.29) is 10.7 Å². The van der Waals surface area contributed by atoms with Crippen LogP contribution < -0.4 is 5.56 Å². The molecule has 2 aromatic carbocycles. The van der Waals surface area contributed by atoms with Crippen molar-refractivity contribution in [1.82, 2.24) is 14.5 Å². The second-order valence-corrected chi connectivity index (χ2v) is 11.3. The van der Waals surface area contributed by atoms with Crippen molar-refractivity contribution >= 4 is 9.84 Å². The molecule has 1 atom stereocenters. The van der Waals surface area contributed by atoms with E-state index in [1.54, 1.807) is 37.3 Å². The number of aryl methyl sites for hydroxylation is 1. The lowest BCUT2D eigenvalue weighted by Crippen LogP contribution is -2.33. The lowest BCUT2D eigenvalue weighted by molar-refractivity contribution is 0.406. The van der Waals surface area contributed by atoms with Gasteiger partial charge < -0.3 is 5.11 Å². The number of pyridine rings is 1. The highest BCUT2D eigenvalue weighted by Crippen LogP contribution is 2.31. The van der Waals surface area contributed by atoms with Gasteiger partial charge in [-0.3, -0.25) is 9.36 Å². The normalized spacial score (nSPS) is 12.2. The molecule has 0 spiro atoms. The minimum absolute atomic E-state index is 0.211. The number of unbranched alkanes of at least 4 members (excludes halogenated alkanes) is 1. The largest absolute Gasteiger partial charge is 0.492 e. The Morgan fingerprint density at radius 2 is 1.75 bits per heavy atom. The molecular weight excluding hydrogens is 531 g/mol. The molecule has 0 saturated heterocycles. The van der Waals surface area contributed by atoms with E-state index in [2.05, 4.69) is 16.0 Å². The summed E-state index contributed by atoms with van der Waals surface area (Å²) < 4.78 is 42.8. The molecule has 0 aliphatic heterocycles. The van der Waals surface area contributed by atoms with Gasteiger partial charge in [0.25, 0.3) is 5.56 Å². The lowest BCUT2D eigenvalue weighted by Gasteiger charge is -2.23. The van der Waals surface area contributed by atoms with Gasteiger partial charge in [-0.05, 0) is 66.8 Å². The first-order valence-corrected chi connectivity index (χ1v) is 14.4. The Bertz CT molecular complexity index is 1740. The van der Waals surface area contributed by atoms with Crippen molar-refractivity contribution in [2.45, 2.75) is 62.3 Å². The van der Waals surface area contributed by atoms with Gasteiger partial charge >= 0.3 is 0 Å². The molecule has 4 aromatic rings. The van der Waals surface area contributed by atoms with Gasteiger partial charge in [0.1, 0.15) is 5.82 Å². The van der Waals surface area contributed by atoms with E-state index in [0.29, 0.717) is 47.1 Å². The van der Waals surface area contributed by atoms with Crippen molar-refractivity contribution in [3.8, 4) is 23.1 Å². The van der Waals surface area contributed by atoms with E-state index in [9.17, 15) is 22.7 Å². The monoisotopic (exact) mass is 560 g/mol. The van der Waals surface area contributed by atoms with Crippen LogP contribution >= 0.6 is 0 Å². The maximum atomic E-state index is 14.0. The summed E-state index contributed by atoms with van der Waals surface area (Å²) in [4.78, 5) is 20.8. The van der Waals surface area contributed by atoms with Gasteiger partial charge in [0.05, 0.1) is 22.6 Å². The molecule has 0 bridgehead atoms. The predicted octanol–water partition coefficient (Wildman–Crippen LogP) is 5.50. The van der Waals surface area contributed by atoms with Crippen molar-refractivity contribution in [1.29, 1.82) is 5.26 Å². The third kappa shape index (κ3) is 5.38. The van der Waals surface area contributed by atoms with Gasteiger partial charge in [-0.15, -0.1) is 0 Å². The second kappa shape index (κ2) is 11.8. The number of aromatic nitrogens is 3. The molecular formula is C30H29FN4O4S. The van der Waals surface area contributed by atoms with Crippen LogP contribution in [0, 0.1) is 24.2 Å². The van der Waals surface area contributed by atoms with Gasteiger partial charge in [-0.2, -0.15) is 14.6 Å². The molecule has 1 unspecified atom stereocenters. The fraction of sp³-hybridized carbons (Fsp3) is 0.267. The van der Waals surface area contributed by atoms with Crippen molar-refractivity contribution in [3.63, 3.8) is 0 Å². The van der Waals surface area contributed by atoms with Crippen LogP contribution in [0.4, 0.5) is 4.39 Å². The smallest absolute Gasteiger partial charge is 0.277 e. The average molecular weight is 561 g/mol. The number of benzene rings is 2. The molecule has 0 fully saturated rings. The highest BCUT2D eigenvalue weighted by atomic mass is 32.2. The Hall–Kier alpha value is -4.36. The Balaban J connectivity index is 1.86. The Kier molecular flexibility index (Phi) is 8.45. The summed E-state index contributed by atoms with van der Waals surface area (Å²) in [5, 5.41) is 20.0. The Morgan fingerprint density at radius 3 is 2.35 bits per heavy atom. The third-order valence-corrected chi connectivity index (χ3v) is 8.68. The standard InChI is InChI=1S/C30H29FN4O4S/c1-4-6-7-26-34-29(36)27(30(37)35(26)25(5-2)22-10-8-20(18-32)9-11-22)40(38,39)23-14-12-21(13-15-23)24-16-17-33-28(31)19(24)3/h8-17,25,36H,4-7H2,1-3H3. The van der Waals surface area contributed by atoms with Crippen LogP contribution in [0.15, 0.2) is 75.4 Å². The van der Waals surface area contributed by atoms with Crippen LogP contribution in [-0.4, -0.2) is 28.1 Å². The zero-order chi connectivity index (χ0) is 29.0. The molecule has 0 radical (unpaired) electrons. The van der Waals surface area contributed by atoms with Crippen molar-refractivity contribution < 1.29 is 17.9 Å². The maximum absolute atomic E-state index is 14.0. The van der Waals surface area contributed by atoms with Crippen LogP contribution in [0.1, 0.15) is 61.7 Å². The minimum atomic E-state index is -4.49. The molecule has 40 heavy (non-hydrogen) atoms. The lowest BCUT2D eigenvalue weighted by atomic mass is 10.0. The Labute approximate surface area is 232 Å². The van der Waals surface area contributed by atoms with Gasteiger partial charge in [0.2, 0.25) is 21.7 Å². The minimum Gasteiger partial charge on any atom is -0.492 e. The molecule has 1 N–H and O–H groups in total. The van der Waals surface area contributed by atoms with Crippen LogP contribution in [0.5, 0.6) is 5.88 Å². The summed E-state index contributed by atoms with van der Waals surface area (Å²) in [6.07, 6.45) is 3.61. The summed E-state index contributed by atoms with van der Waals surface area (Å²) in [6, 6.07) is 15.5. The van der Waals surface area contributed by atoms with Gasteiger partial charge in [0, 0.05) is 18.2 Å². The first kappa shape index (κ1) is 28.6. The zero-order valence-corrected chi connectivity index (χ0v) is 23.2. The number of nitriles is 1. The molecule has 0 amide bonds. The number of aromatic hydroxyl groups is 1. The molecule has 0 saturated carbocycles. The van der Waals surface area contributed by atoms with E-state index < -0.39 is 38.2 Å². The summed E-state index contributed by atoms with van der Waals surface area (Å²) in [7, 11) is -4.49. The number of hydrogen-bond acceptors (Lipinski definition) is 7. The van der Waals surface area contributed by atoms with E-state index in [0.717, 1.165) is 6.42 Å². The summed E-state index contributed by atoms with van der Waals surface area (Å²) in [5.41, 5.74) is 1.74. The topological polar surface area (TPSA) is 126 Å². The molecule has 0 aliphatic rings. The molecule has 4 rings (SSSR count).